The Kier molecular flexibility index (Phi) is 6.52. The molecule has 0 amide bonds. The number of rotatable bonds is 6. The largest absolute Gasteiger partial charge is 0.522 e. The van der Waals surface area contributed by atoms with Gasteiger partial charge in [-0.3, -0.25) is 4.74 Å². The quantitative estimate of drug-likeness (QED) is 0.267. The van der Waals surface area contributed by atoms with Crippen LogP contribution in [0.25, 0.3) is 11.1 Å². The van der Waals surface area contributed by atoms with Gasteiger partial charge in [-0.1, -0.05) is 49.4 Å². The molecule has 7 heteroatoms. The van der Waals surface area contributed by atoms with Crippen molar-refractivity contribution in [1.82, 2.24) is 0 Å². The number of esters is 1. The number of hydrogen-bond donors (Lipinski definition) is 0. The summed E-state index contributed by atoms with van der Waals surface area (Å²) in [5.41, 5.74) is 3.11. The standard InChI is InChI=1S/C23H18F4O3/c1-2-15-3-5-16(6-4-15)17-7-9-18(10-8-17)22(28)30-20-12-11-19(21(24)13-20)14-29-23(25,26)27/h3-13H,2,14H2,1H3. The third-order valence-electron chi connectivity index (χ3n) is 4.44. The number of ether oxygens (including phenoxy) is 2. The molecule has 3 aromatic carbocycles. The van der Waals surface area contributed by atoms with Crippen molar-refractivity contribution in [2.45, 2.75) is 26.3 Å². The summed E-state index contributed by atoms with van der Waals surface area (Å²) < 4.78 is 58.9. The maximum atomic E-state index is 13.9. The minimum Gasteiger partial charge on any atom is -0.423 e. The first-order valence-electron chi connectivity index (χ1n) is 9.16. The number of carbonyl (C=O) groups excluding carboxylic acids is 1. The molecule has 0 heterocycles. The summed E-state index contributed by atoms with van der Waals surface area (Å²) in [4.78, 5) is 12.3. The number of carbonyl (C=O) groups is 1. The lowest BCUT2D eigenvalue weighted by molar-refractivity contribution is -0.330. The van der Waals surface area contributed by atoms with Crippen LogP contribution in [0.2, 0.25) is 0 Å². The zero-order chi connectivity index (χ0) is 21.7. The van der Waals surface area contributed by atoms with Crippen molar-refractivity contribution in [3.8, 4) is 16.9 Å². The molecule has 0 atom stereocenters. The Morgan fingerprint density at radius 3 is 2.03 bits per heavy atom. The molecule has 3 rings (SSSR count). The maximum Gasteiger partial charge on any atom is 0.522 e. The summed E-state index contributed by atoms with van der Waals surface area (Å²) in [6, 6.07) is 17.9. The molecule has 0 unspecified atom stereocenters. The molecule has 3 nitrogen and oxygen atoms in total. The molecule has 0 saturated carbocycles. The van der Waals surface area contributed by atoms with Gasteiger partial charge in [0, 0.05) is 11.6 Å². The van der Waals surface area contributed by atoms with Crippen molar-refractivity contribution >= 4 is 5.97 Å². The van der Waals surface area contributed by atoms with Gasteiger partial charge in [-0.15, -0.1) is 13.2 Å². The van der Waals surface area contributed by atoms with Crippen LogP contribution in [0.1, 0.15) is 28.4 Å². The summed E-state index contributed by atoms with van der Waals surface area (Å²) in [6.07, 6.45) is -3.91. The van der Waals surface area contributed by atoms with Crippen LogP contribution >= 0.6 is 0 Å². The van der Waals surface area contributed by atoms with Crippen molar-refractivity contribution < 1.29 is 31.8 Å². The van der Waals surface area contributed by atoms with Crippen molar-refractivity contribution in [1.29, 1.82) is 0 Å². The Balaban J connectivity index is 1.66. The van der Waals surface area contributed by atoms with Gasteiger partial charge in [0.05, 0.1) is 12.2 Å². The molecule has 30 heavy (non-hydrogen) atoms. The lowest BCUT2D eigenvalue weighted by atomic mass is 10.0. The van der Waals surface area contributed by atoms with E-state index in [1.165, 1.54) is 11.6 Å². The Labute approximate surface area is 170 Å². The highest BCUT2D eigenvalue weighted by Gasteiger charge is 2.29. The van der Waals surface area contributed by atoms with Gasteiger partial charge in [0.1, 0.15) is 11.6 Å². The predicted octanol–water partition coefficient (Wildman–Crippen LogP) is 6.31. The lowest BCUT2D eigenvalue weighted by Gasteiger charge is -2.10. The van der Waals surface area contributed by atoms with E-state index in [1.54, 1.807) is 24.3 Å². The van der Waals surface area contributed by atoms with Crippen LogP contribution < -0.4 is 4.74 Å². The van der Waals surface area contributed by atoms with Gasteiger partial charge >= 0.3 is 12.3 Å². The van der Waals surface area contributed by atoms with Crippen molar-refractivity contribution in [3.05, 3.63) is 89.2 Å². The Hall–Kier alpha value is -3.19. The van der Waals surface area contributed by atoms with E-state index in [2.05, 4.69) is 11.7 Å². The maximum absolute atomic E-state index is 13.9. The van der Waals surface area contributed by atoms with Crippen LogP contribution in [0.15, 0.2) is 66.7 Å². The highest BCUT2D eigenvalue weighted by molar-refractivity contribution is 5.91. The smallest absolute Gasteiger partial charge is 0.423 e. The van der Waals surface area contributed by atoms with Crippen LogP contribution in [0.3, 0.4) is 0 Å². The average Bonchev–Trinajstić information content (AvgIpc) is 2.72. The van der Waals surface area contributed by atoms with E-state index in [0.717, 1.165) is 29.7 Å². The van der Waals surface area contributed by atoms with Gasteiger partial charge in [-0.25, -0.2) is 9.18 Å². The van der Waals surface area contributed by atoms with E-state index in [9.17, 15) is 22.4 Å². The summed E-state index contributed by atoms with van der Waals surface area (Å²) in [6.45, 7) is 1.11. The summed E-state index contributed by atoms with van der Waals surface area (Å²) in [5, 5.41) is 0. The number of halogens is 4. The van der Waals surface area contributed by atoms with Crippen LogP contribution in [0.5, 0.6) is 5.75 Å². The van der Waals surface area contributed by atoms with Crippen LogP contribution in [0, 0.1) is 5.82 Å². The molecule has 0 radical (unpaired) electrons. The third-order valence-corrected chi connectivity index (χ3v) is 4.44. The molecular weight excluding hydrogens is 400 g/mol. The zero-order valence-electron chi connectivity index (χ0n) is 16.0. The van der Waals surface area contributed by atoms with Gasteiger partial charge in [-0.05, 0) is 41.3 Å². The summed E-state index contributed by atoms with van der Waals surface area (Å²) in [5.74, 6) is -1.79. The van der Waals surface area contributed by atoms with Crippen molar-refractivity contribution in [2.24, 2.45) is 0 Å². The summed E-state index contributed by atoms with van der Waals surface area (Å²) in [7, 11) is 0. The SMILES string of the molecule is CCc1ccc(-c2ccc(C(=O)Oc3ccc(COC(F)(F)F)c(F)c3)cc2)cc1. The van der Waals surface area contributed by atoms with E-state index in [1.807, 2.05) is 24.3 Å². The van der Waals surface area contributed by atoms with E-state index < -0.39 is 24.8 Å². The topological polar surface area (TPSA) is 35.5 Å². The highest BCUT2D eigenvalue weighted by Crippen LogP contribution is 2.24. The Bertz CT molecular complexity index is 1010. The molecule has 0 aliphatic heterocycles. The molecule has 0 bridgehead atoms. The van der Waals surface area contributed by atoms with Crippen LogP contribution in [-0.2, 0) is 17.8 Å². The summed E-state index contributed by atoms with van der Waals surface area (Å²) >= 11 is 0. The molecule has 3 aromatic rings. The average molecular weight is 418 g/mol. The molecule has 156 valence electrons. The van der Waals surface area contributed by atoms with Gasteiger partial charge in [0.2, 0.25) is 0 Å². The first kappa shape index (κ1) is 21.5. The molecule has 0 aromatic heterocycles. The van der Waals surface area contributed by atoms with Gasteiger partial charge in [-0.2, -0.15) is 0 Å². The number of benzene rings is 3. The fourth-order valence-corrected chi connectivity index (χ4v) is 2.77. The van der Waals surface area contributed by atoms with Gasteiger partial charge in [0.25, 0.3) is 0 Å². The van der Waals surface area contributed by atoms with E-state index >= 15 is 0 Å². The molecule has 0 aliphatic rings. The minimum atomic E-state index is -4.86. The van der Waals surface area contributed by atoms with E-state index in [0.29, 0.717) is 0 Å². The second-order valence-electron chi connectivity index (χ2n) is 6.50. The van der Waals surface area contributed by atoms with Crippen LogP contribution in [0.4, 0.5) is 17.6 Å². The van der Waals surface area contributed by atoms with E-state index in [4.69, 9.17) is 4.74 Å². The predicted molar refractivity (Wildman–Crippen MR) is 103 cm³/mol. The number of hydrogen-bond acceptors (Lipinski definition) is 3. The van der Waals surface area contributed by atoms with Gasteiger partial charge in [0.15, 0.2) is 0 Å². The van der Waals surface area contributed by atoms with Crippen LogP contribution in [-0.4, -0.2) is 12.3 Å². The second-order valence-corrected chi connectivity index (χ2v) is 6.50. The van der Waals surface area contributed by atoms with Gasteiger partial charge < -0.3 is 4.74 Å². The molecule has 0 N–H and O–H groups in total. The molecule has 0 saturated heterocycles. The molecule has 0 aliphatic carbocycles. The highest BCUT2D eigenvalue weighted by atomic mass is 19.4. The fourth-order valence-electron chi connectivity index (χ4n) is 2.77. The molecular formula is C23H18F4O3. The minimum absolute atomic E-state index is 0.118. The Morgan fingerprint density at radius 1 is 0.900 bits per heavy atom. The molecule has 0 fully saturated rings. The van der Waals surface area contributed by atoms with Crippen molar-refractivity contribution in [2.75, 3.05) is 0 Å². The Morgan fingerprint density at radius 2 is 1.50 bits per heavy atom. The van der Waals surface area contributed by atoms with Crippen molar-refractivity contribution in [3.63, 3.8) is 0 Å². The number of alkyl halides is 3. The fraction of sp³-hybridized carbons (Fsp3) is 0.174. The zero-order valence-corrected chi connectivity index (χ0v) is 16.0. The second kappa shape index (κ2) is 9.09. The molecule has 0 spiro atoms. The first-order valence-corrected chi connectivity index (χ1v) is 9.16. The monoisotopic (exact) mass is 418 g/mol. The first-order chi connectivity index (χ1) is 14.2. The van der Waals surface area contributed by atoms with E-state index in [-0.39, 0.29) is 16.9 Å². The lowest BCUT2D eigenvalue weighted by Crippen LogP contribution is -2.13. The normalized spacial score (nSPS) is 11.4. The third kappa shape index (κ3) is 5.67. The number of aryl methyl sites for hydroxylation is 1.